The van der Waals surface area contributed by atoms with Crippen LogP contribution in [0.4, 0.5) is 4.39 Å². The Hall–Kier alpha value is -3.29. The Morgan fingerprint density at radius 1 is 1.24 bits per heavy atom. The van der Waals surface area contributed by atoms with Crippen molar-refractivity contribution in [3.05, 3.63) is 64.9 Å². The highest BCUT2D eigenvalue weighted by molar-refractivity contribution is 5.76. The fourth-order valence-electron chi connectivity index (χ4n) is 2.88. The van der Waals surface area contributed by atoms with Gasteiger partial charge >= 0.3 is 5.76 Å². The molecule has 0 spiro atoms. The largest absolute Gasteiger partial charge is 0.442 e. The highest BCUT2D eigenvalue weighted by atomic mass is 19.1. The lowest BCUT2D eigenvalue weighted by molar-refractivity contribution is 0.377. The standard InChI is InChI=1S/C17H14FN5O2/c1-2-22-14-6-5-12(18)8-13(14)20-15(22)10-23-16(21-25-17(23)24)11-4-3-7-19-9-11/h3-9H,2,10H2,1H3. The minimum Gasteiger partial charge on any atom is -0.327 e. The molecule has 0 amide bonds. The minimum atomic E-state index is -0.584. The van der Waals surface area contributed by atoms with E-state index in [9.17, 15) is 9.18 Å². The Morgan fingerprint density at radius 3 is 2.88 bits per heavy atom. The molecule has 3 aromatic heterocycles. The van der Waals surface area contributed by atoms with Crippen molar-refractivity contribution in [1.29, 1.82) is 0 Å². The maximum Gasteiger partial charge on any atom is 0.442 e. The van der Waals surface area contributed by atoms with Crippen molar-refractivity contribution in [2.75, 3.05) is 0 Å². The zero-order valence-corrected chi connectivity index (χ0v) is 13.4. The lowest BCUT2D eigenvalue weighted by Crippen LogP contribution is -2.19. The Kier molecular flexibility index (Phi) is 3.64. The first-order valence-electron chi connectivity index (χ1n) is 7.79. The second-order valence-electron chi connectivity index (χ2n) is 5.51. The molecule has 0 aliphatic carbocycles. The quantitative estimate of drug-likeness (QED) is 0.571. The lowest BCUT2D eigenvalue weighted by atomic mass is 10.2. The first kappa shape index (κ1) is 15.3. The van der Waals surface area contributed by atoms with Gasteiger partial charge in [-0.2, -0.15) is 0 Å². The van der Waals surface area contributed by atoms with Crippen molar-refractivity contribution in [2.24, 2.45) is 0 Å². The fourth-order valence-corrected chi connectivity index (χ4v) is 2.88. The van der Waals surface area contributed by atoms with Crippen molar-refractivity contribution >= 4 is 11.0 Å². The third-order valence-electron chi connectivity index (χ3n) is 4.01. The molecular formula is C17H14FN5O2. The number of hydrogen-bond donors (Lipinski definition) is 0. The Labute approximate surface area is 141 Å². The van der Waals surface area contributed by atoms with Gasteiger partial charge in [-0.05, 0) is 31.2 Å². The van der Waals surface area contributed by atoms with E-state index in [-0.39, 0.29) is 12.4 Å². The van der Waals surface area contributed by atoms with Crippen LogP contribution in [0.25, 0.3) is 22.4 Å². The van der Waals surface area contributed by atoms with Crippen LogP contribution in [-0.2, 0) is 13.1 Å². The number of rotatable bonds is 4. The van der Waals surface area contributed by atoms with Crippen LogP contribution in [-0.4, -0.2) is 24.3 Å². The zero-order valence-electron chi connectivity index (χ0n) is 13.4. The maximum absolute atomic E-state index is 13.5. The van der Waals surface area contributed by atoms with Gasteiger partial charge in [0.15, 0.2) is 5.82 Å². The van der Waals surface area contributed by atoms with E-state index in [1.807, 2.05) is 11.5 Å². The van der Waals surface area contributed by atoms with Crippen LogP contribution in [0.3, 0.4) is 0 Å². The summed E-state index contributed by atoms with van der Waals surface area (Å²) in [7, 11) is 0. The van der Waals surface area contributed by atoms with E-state index in [0.717, 1.165) is 5.52 Å². The Bertz CT molecular complexity index is 1100. The molecule has 0 saturated carbocycles. The number of imidazole rings is 1. The minimum absolute atomic E-state index is 0.163. The summed E-state index contributed by atoms with van der Waals surface area (Å²) < 4.78 is 21.6. The second kappa shape index (κ2) is 5.97. The molecule has 0 fully saturated rings. The predicted molar refractivity (Wildman–Crippen MR) is 88.5 cm³/mol. The van der Waals surface area contributed by atoms with Gasteiger partial charge in [-0.3, -0.25) is 9.51 Å². The maximum atomic E-state index is 13.5. The summed E-state index contributed by atoms with van der Waals surface area (Å²) in [6.07, 6.45) is 3.24. The predicted octanol–water partition coefficient (Wildman–Crippen LogP) is 2.46. The summed E-state index contributed by atoms with van der Waals surface area (Å²) in [5, 5.41) is 3.84. The van der Waals surface area contributed by atoms with Gasteiger partial charge in [0.25, 0.3) is 0 Å². The SMILES string of the molecule is CCn1c(Cn2c(-c3cccnc3)noc2=O)nc2cc(F)ccc21. The van der Waals surface area contributed by atoms with Crippen LogP contribution in [0.2, 0.25) is 0 Å². The summed E-state index contributed by atoms with van der Waals surface area (Å²) in [5.74, 6) is 0.0651. The molecule has 0 aliphatic heterocycles. The second-order valence-corrected chi connectivity index (χ2v) is 5.51. The molecule has 4 rings (SSSR count). The molecule has 0 N–H and O–H groups in total. The van der Waals surface area contributed by atoms with Crippen molar-refractivity contribution < 1.29 is 8.91 Å². The van der Waals surface area contributed by atoms with Crippen molar-refractivity contribution in [3.8, 4) is 11.4 Å². The number of pyridine rings is 1. The van der Waals surface area contributed by atoms with E-state index in [0.29, 0.717) is 29.3 Å². The fraction of sp³-hybridized carbons (Fsp3) is 0.176. The molecule has 0 radical (unpaired) electrons. The summed E-state index contributed by atoms with van der Waals surface area (Å²) in [5.41, 5.74) is 2.02. The smallest absolute Gasteiger partial charge is 0.327 e. The highest BCUT2D eigenvalue weighted by Crippen LogP contribution is 2.20. The van der Waals surface area contributed by atoms with Gasteiger partial charge in [0.05, 0.1) is 17.6 Å². The van der Waals surface area contributed by atoms with Gasteiger partial charge in [0.2, 0.25) is 0 Å². The zero-order chi connectivity index (χ0) is 17.4. The first-order valence-corrected chi connectivity index (χ1v) is 7.79. The first-order chi connectivity index (χ1) is 12.2. The van der Waals surface area contributed by atoms with Crippen LogP contribution < -0.4 is 5.76 Å². The normalized spacial score (nSPS) is 11.3. The topological polar surface area (TPSA) is 78.7 Å². The van der Waals surface area contributed by atoms with Crippen molar-refractivity contribution in [2.45, 2.75) is 20.0 Å². The van der Waals surface area contributed by atoms with Gasteiger partial charge in [-0.1, -0.05) is 5.16 Å². The van der Waals surface area contributed by atoms with E-state index >= 15 is 0 Å². The molecule has 4 aromatic rings. The van der Waals surface area contributed by atoms with Gasteiger partial charge in [0.1, 0.15) is 11.6 Å². The van der Waals surface area contributed by atoms with E-state index in [4.69, 9.17) is 4.52 Å². The van der Waals surface area contributed by atoms with E-state index < -0.39 is 5.76 Å². The van der Waals surface area contributed by atoms with Crippen molar-refractivity contribution in [3.63, 3.8) is 0 Å². The molecule has 0 saturated heterocycles. The van der Waals surface area contributed by atoms with Crippen LogP contribution in [0.1, 0.15) is 12.7 Å². The molecule has 0 unspecified atom stereocenters. The number of aromatic nitrogens is 5. The van der Waals surface area contributed by atoms with Crippen LogP contribution in [0.5, 0.6) is 0 Å². The van der Waals surface area contributed by atoms with Gasteiger partial charge in [-0.15, -0.1) is 0 Å². The summed E-state index contributed by atoms with van der Waals surface area (Å²) in [4.78, 5) is 20.6. The molecule has 7 nitrogen and oxygen atoms in total. The average Bonchev–Trinajstić information content (AvgIpc) is 3.16. The van der Waals surface area contributed by atoms with E-state index in [1.165, 1.54) is 16.7 Å². The molecule has 1 aromatic carbocycles. The Balaban J connectivity index is 1.83. The van der Waals surface area contributed by atoms with Crippen LogP contribution >= 0.6 is 0 Å². The molecular weight excluding hydrogens is 325 g/mol. The van der Waals surface area contributed by atoms with E-state index in [2.05, 4.69) is 15.1 Å². The van der Waals surface area contributed by atoms with Gasteiger partial charge in [-0.25, -0.2) is 18.7 Å². The third-order valence-corrected chi connectivity index (χ3v) is 4.01. The average molecular weight is 339 g/mol. The summed E-state index contributed by atoms with van der Waals surface area (Å²) >= 11 is 0. The lowest BCUT2D eigenvalue weighted by Gasteiger charge is -2.07. The van der Waals surface area contributed by atoms with Gasteiger partial charge < -0.3 is 4.57 Å². The van der Waals surface area contributed by atoms with Crippen molar-refractivity contribution in [1.82, 2.24) is 24.3 Å². The van der Waals surface area contributed by atoms with E-state index in [1.54, 1.807) is 30.6 Å². The number of hydrogen-bond acceptors (Lipinski definition) is 5. The summed E-state index contributed by atoms with van der Waals surface area (Å²) in [6.45, 7) is 2.77. The Morgan fingerprint density at radius 2 is 2.12 bits per heavy atom. The molecule has 126 valence electrons. The highest BCUT2D eigenvalue weighted by Gasteiger charge is 2.17. The number of fused-ring (bicyclic) bond motifs is 1. The molecule has 0 bridgehead atoms. The van der Waals surface area contributed by atoms with Crippen LogP contribution in [0.15, 0.2) is 52.0 Å². The number of nitrogens with zero attached hydrogens (tertiary/aromatic N) is 5. The van der Waals surface area contributed by atoms with Gasteiger partial charge in [0, 0.05) is 30.6 Å². The summed E-state index contributed by atoms with van der Waals surface area (Å²) in [6, 6.07) is 8.00. The third kappa shape index (κ3) is 2.61. The monoisotopic (exact) mass is 339 g/mol. The molecule has 0 aliphatic rings. The molecule has 0 atom stereocenters. The molecule has 8 heteroatoms. The molecule has 25 heavy (non-hydrogen) atoms. The van der Waals surface area contributed by atoms with Crippen LogP contribution in [0, 0.1) is 5.82 Å². The molecule has 3 heterocycles. The number of benzene rings is 1. The number of aryl methyl sites for hydroxylation is 1. The number of halogens is 1.